The lowest BCUT2D eigenvalue weighted by atomic mass is 10.2. The minimum atomic E-state index is -0.797. The van der Waals surface area contributed by atoms with Gasteiger partial charge in [0.15, 0.2) is 10.9 Å². The first-order chi connectivity index (χ1) is 15.0. The Labute approximate surface area is 178 Å². The number of anilines is 1. The van der Waals surface area contributed by atoms with Crippen LogP contribution in [-0.4, -0.2) is 30.9 Å². The minimum Gasteiger partial charge on any atom is -0.318 e. The van der Waals surface area contributed by atoms with Crippen LogP contribution in [0.1, 0.15) is 16.2 Å². The summed E-state index contributed by atoms with van der Waals surface area (Å²) in [7, 11) is 0. The van der Waals surface area contributed by atoms with Gasteiger partial charge < -0.3 is 5.32 Å². The standard InChI is InChI=1S/C20H13F3N6OS/c21-12-2-5-14(6-3-12)29-17(11-31-20-24-8-1-9-25-20)18(27-28-29)19(30)26-16-10-13(22)4-7-15(16)23/h1-10H,11H2,(H,26,30). The van der Waals surface area contributed by atoms with Crippen LogP contribution in [0.4, 0.5) is 18.9 Å². The first-order valence-electron chi connectivity index (χ1n) is 8.88. The maximum Gasteiger partial charge on any atom is 0.278 e. The van der Waals surface area contributed by atoms with Gasteiger partial charge in [0.1, 0.15) is 17.5 Å². The van der Waals surface area contributed by atoms with Crippen LogP contribution in [0.5, 0.6) is 0 Å². The second kappa shape index (κ2) is 8.96. The van der Waals surface area contributed by atoms with E-state index in [1.807, 2.05) is 0 Å². The lowest BCUT2D eigenvalue weighted by Crippen LogP contribution is -2.16. The van der Waals surface area contributed by atoms with Gasteiger partial charge in [0.05, 0.1) is 17.1 Å². The SMILES string of the molecule is O=C(Nc1cc(F)ccc1F)c1nnn(-c2ccc(F)cc2)c1CSc1ncccn1. The summed E-state index contributed by atoms with van der Waals surface area (Å²) in [4.78, 5) is 21.0. The highest BCUT2D eigenvalue weighted by Crippen LogP contribution is 2.24. The Kier molecular flexibility index (Phi) is 5.94. The molecular weight excluding hydrogens is 429 g/mol. The molecule has 7 nitrogen and oxygen atoms in total. The normalized spacial score (nSPS) is 10.8. The molecule has 0 aliphatic carbocycles. The summed E-state index contributed by atoms with van der Waals surface area (Å²) in [5, 5.41) is 10.7. The number of nitrogens with zero attached hydrogens (tertiary/aromatic N) is 5. The van der Waals surface area contributed by atoms with Crippen molar-refractivity contribution in [3.63, 3.8) is 0 Å². The van der Waals surface area contributed by atoms with Crippen molar-refractivity contribution in [3.8, 4) is 5.69 Å². The van der Waals surface area contributed by atoms with Gasteiger partial charge in [0.25, 0.3) is 5.91 Å². The molecule has 1 N–H and O–H groups in total. The summed E-state index contributed by atoms with van der Waals surface area (Å²) in [6.07, 6.45) is 3.15. The van der Waals surface area contributed by atoms with Crippen LogP contribution in [0.2, 0.25) is 0 Å². The van der Waals surface area contributed by atoms with Gasteiger partial charge in [-0.2, -0.15) is 0 Å². The fourth-order valence-electron chi connectivity index (χ4n) is 2.66. The summed E-state index contributed by atoms with van der Waals surface area (Å²) >= 11 is 1.22. The average Bonchev–Trinajstić information content (AvgIpc) is 3.20. The van der Waals surface area contributed by atoms with Crippen LogP contribution >= 0.6 is 11.8 Å². The number of carbonyl (C=O) groups excluding carboxylic acids is 1. The molecule has 2 aromatic carbocycles. The number of aromatic nitrogens is 5. The van der Waals surface area contributed by atoms with Crippen molar-refractivity contribution in [2.75, 3.05) is 5.32 Å². The number of thioether (sulfide) groups is 1. The van der Waals surface area contributed by atoms with E-state index < -0.39 is 23.4 Å². The first kappa shape index (κ1) is 20.5. The lowest BCUT2D eigenvalue weighted by molar-refractivity contribution is 0.102. The predicted octanol–water partition coefficient (Wildman–Crippen LogP) is 4.02. The Morgan fingerprint density at radius 1 is 1.00 bits per heavy atom. The number of carbonyl (C=O) groups is 1. The third kappa shape index (κ3) is 4.72. The van der Waals surface area contributed by atoms with Gasteiger partial charge in [-0.3, -0.25) is 4.79 Å². The van der Waals surface area contributed by atoms with Crippen molar-refractivity contribution in [1.82, 2.24) is 25.0 Å². The third-order valence-corrected chi connectivity index (χ3v) is 4.99. The highest BCUT2D eigenvalue weighted by Gasteiger charge is 2.22. The number of rotatable bonds is 6. The van der Waals surface area contributed by atoms with E-state index in [0.29, 0.717) is 16.5 Å². The number of nitrogens with one attached hydrogen (secondary N) is 1. The Morgan fingerprint density at radius 2 is 1.71 bits per heavy atom. The first-order valence-corrected chi connectivity index (χ1v) is 9.86. The monoisotopic (exact) mass is 442 g/mol. The Bertz CT molecular complexity index is 1220. The fourth-order valence-corrected chi connectivity index (χ4v) is 3.46. The molecule has 2 aromatic heterocycles. The van der Waals surface area contributed by atoms with Gasteiger partial charge in [0, 0.05) is 24.2 Å². The lowest BCUT2D eigenvalue weighted by Gasteiger charge is -2.09. The van der Waals surface area contributed by atoms with E-state index in [1.165, 1.54) is 40.7 Å². The number of hydrogen-bond donors (Lipinski definition) is 1. The van der Waals surface area contributed by atoms with Crippen LogP contribution in [0, 0.1) is 17.5 Å². The number of amides is 1. The van der Waals surface area contributed by atoms with Crippen LogP contribution in [0.3, 0.4) is 0 Å². The molecule has 0 fully saturated rings. The van der Waals surface area contributed by atoms with Gasteiger partial charge in [-0.25, -0.2) is 27.8 Å². The van der Waals surface area contributed by atoms with Gasteiger partial charge in [-0.1, -0.05) is 17.0 Å². The highest BCUT2D eigenvalue weighted by molar-refractivity contribution is 7.98. The van der Waals surface area contributed by atoms with Crippen LogP contribution in [0.15, 0.2) is 66.1 Å². The molecule has 11 heteroatoms. The Balaban J connectivity index is 1.68. The average molecular weight is 442 g/mol. The number of benzene rings is 2. The zero-order valence-electron chi connectivity index (χ0n) is 15.7. The molecule has 156 valence electrons. The Morgan fingerprint density at radius 3 is 2.45 bits per heavy atom. The number of hydrogen-bond acceptors (Lipinski definition) is 6. The molecule has 0 spiro atoms. The van der Waals surface area contributed by atoms with Crippen LogP contribution in [-0.2, 0) is 5.75 Å². The van der Waals surface area contributed by atoms with Crippen molar-refractivity contribution in [3.05, 3.63) is 89.8 Å². The molecule has 4 aromatic rings. The topological polar surface area (TPSA) is 85.6 Å². The maximum atomic E-state index is 13.9. The molecule has 0 saturated carbocycles. The summed E-state index contributed by atoms with van der Waals surface area (Å²) in [6, 6.07) is 9.83. The van der Waals surface area contributed by atoms with E-state index in [1.54, 1.807) is 18.5 Å². The van der Waals surface area contributed by atoms with E-state index >= 15 is 0 Å². The minimum absolute atomic E-state index is 0.101. The molecule has 4 rings (SSSR count). The highest BCUT2D eigenvalue weighted by atomic mass is 32.2. The Hall–Kier alpha value is -3.73. The van der Waals surface area contributed by atoms with E-state index in [9.17, 15) is 18.0 Å². The van der Waals surface area contributed by atoms with Crippen molar-refractivity contribution in [2.45, 2.75) is 10.9 Å². The molecule has 0 radical (unpaired) electrons. The molecular formula is C20H13F3N6OS. The quantitative estimate of drug-likeness (QED) is 0.359. The van der Waals surface area contributed by atoms with Gasteiger partial charge in [0.2, 0.25) is 0 Å². The molecule has 0 atom stereocenters. The van der Waals surface area contributed by atoms with E-state index in [4.69, 9.17) is 0 Å². The molecule has 31 heavy (non-hydrogen) atoms. The van der Waals surface area contributed by atoms with Crippen molar-refractivity contribution in [2.24, 2.45) is 0 Å². The maximum absolute atomic E-state index is 13.9. The van der Waals surface area contributed by atoms with Gasteiger partial charge in [-0.15, -0.1) is 5.10 Å². The van der Waals surface area contributed by atoms with Gasteiger partial charge >= 0.3 is 0 Å². The molecule has 1 amide bonds. The van der Waals surface area contributed by atoms with Crippen LogP contribution in [0.25, 0.3) is 5.69 Å². The smallest absolute Gasteiger partial charge is 0.278 e. The van der Waals surface area contributed by atoms with Crippen LogP contribution < -0.4 is 5.32 Å². The molecule has 0 unspecified atom stereocenters. The predicted molar refractivity (Wildman–Crippen MR) is 107 cm³/mol. The molecule has 0 bridgehead atoms. The summed E-state index contributed by atoms with van der Waals surface area (Å²) in [6.45, 7) is 0. The summed E-state index contributed by atoms with van der Waals surface area (Å²) < 4.78 is 42.1. The zero-order chi connectivity index (χ0) is 21.8. The van der Waals surface area contributed by atoms with E-state index in [0.717, 1.165) is 18.2 Å². The second-order valence-electron chi connectivity index (χ2n) is 6.17. The summed E-state index contributed by atoms with van der Waals surface area (Å²) in [5.41, 5.74) is 0.385. The van der Waals surface area contributed by atoms with Crippen molar-refractivity contribution >= 4 is 23.4 Å². The van der Waals surface area contributed by atoms with E-state index in [2.05, 4.69) is 25.6 Å². The molecule has 2 heterocycles. The van der Waals surface area contributed by atoms with Gasteiger partial charge in [-0.05, 0) is 42.5 Å². The van der Waals surface area contributed by atoms with E-state index in [-0.39, 0.29) is 17.1 Å². The molecule has 0 aliphatic heterocycles. The largest absolute Gasteiger partial charge is 0.318 e. The molecule has 0 saturated heterocycles. The second-order valence-corrected chi connectivity index (χ2v) is 7.11. The van der Waals surface area contributed by atoms with Crippen molar-refractivity contribution in [1.29, 1.82) is 0 Å². The third-order valence-electron chi connectivity index (χ3n) is 4.11. The zero-order valence-corrected chi connectivity index (χ0v) is 16.5. The number of halogens is 3. The molecule has 0 aliphatic rings. The fraction of sp³-hybridized carbons (Fsp3) is 0.0500. The summed E-state index contributed by atoms with van der Waals surface area (Å²) in [5.74, 6) is -2.53. The van der Waals surface area contributed by atoms with Crippen molar-refractivity contribution < 1.29 is 18.0 Å².